The van der Waals surface area contributed by atoms with E-state index in [9.17, 15) is 4.79 Å². The van der Waals surface area contributed by atoms with Crippen molar-refractivity contribution in [3.8, 4) is 0 Å². The van der Waals surface area contributed by atoms with Crippen molar-refractivity contribution in [2.75, 3.05) is 11.9 Å². The van der Waals surface area contributed by atoms with Gasteiger partial charge in [-0.05, 0) is 49.1 Å². The monoisotopic (exact) mass is 395 g/mol. The number of aldehydes is 1. The van der Waals surface area contributed by atoms with E-state index in [2.05, 4.69) is 20.3 Å². The van der Waals surface area contributed by atoms with Crippen LogP contribution in [0.2, 0.25) is 0 Å². The van der Waals surface area contributed by atoms with E-state index in [0.29, 0.717) is 22.3 Å². The Kier molecular flexibility index (Phi) is 5.90. The van der Waals surface area contributed by atoms with Gasteiger partial charge in [0, 0.05) is 35.1 Å². The molecule has 0 radical (unpaired) electrons. The smallest absolute Gasteiger partial charge is 0.196 e. The van der Waals surface area contributed by atoms with Gasteiger partial charge in [-0.25, -0.2) is 9.97 Å². The van der Waals surface area contributed by atoms with Gasteiger partial charge in [-0.1, -0.05) is 26.2 Å². The second kappa shape index (κ2) is 8.73. The molecule has 0 bridgehead atoms. The summed E-state index contributed by atoms with van der Waals surface area (Å²) in [5.41, 5.74) is 2.29. The lowest BCUT2D eigenvalue weighted by Crippen LogP contribution is -2.18. The summed E-state index contributed by atoms with van der Waals surface area (Å²) < 4.78 is 0. The normalized spacial score (nSPS) is 15.0. The summed E-state index contributed by atoms with van der Waals surface area (Å²) in [6.07, 6.45) is 11.7. The maximum absolute atomic E-state index is 11.8. The minimum Gasteiger partial charge on any atom is -0.369 e. The van der Waals surface area contributed by atoms with Crippen LogP contribution < -0.4 is 5.32 Å². The van der Waals surface area contributed by atoms with Crippen LogP contribution in [0.25, 0.3) is 11.0 Å². The molecule has 3 aromatic heterocycles. The van der Waals surface area contributed by atoms with Gasteiger partial charge in [-0.2, -0.15) is 0 Å². The number of nitrogens with one attached hydrogen (secondary N) is 2. The highest BCUT2D eigenvalue weighted by Crippen LogP contribution is 2.32. The second-order valence-corrected chi connectivity index (χ2v) is 8.28. The lowest BCUT2D eigenvalue weighted by molar-refractivity contribution is 0.112. The van der Waals surface area contributed by atoms with Gasteiger partial charge in [0.15, 0.2) is 11.4 Å². The van der Waals surface area contributed by atoms with E-state index in [0.717, 1.165) is 41.0 Å². The quantitative estimate of drug-likeness (QED) is 0.438. The highest BCUT2D eigenvalue weighted by molar-refractivity contribution is 7.99. The minimum atomic E-state index is 0.646. The number of pyridine rings is 1. The lowest BCUT2D eigenvalue weighted by atomic mass is 9.89. The Morgan fingerprint density at radius 3 is 2.86 bits per heavy atom. The van der Waals surface area contributed by atoms with E-state index < -0.39 is 0 Å². The first kappa shape index (κ1) is 18.9. The van der Waals surface area contributed by atoms with Crippen molar-refractivity contribution in [2.45, 2.75) is 55.5 Å². The molecule has 146 valence electrons. The van der Waals surface area contributed by atoms with Gasteiger partial charge in [0.25, 0.3) is 0 Å². The summed E-state index contributed by atoms with van der Waals surface area (Å²) in [7, 11) is 0. The molecule has 2 N–H and O–H groups in total. The fraction of sp³-hybridized carbons (Fsp3) is 0.429. The maximum atomic E-state index is 11.8. The van der Waals surface area contributed by atoms with Crippen molar-refractivity contribution in [2.24, 2.45) is 5.92 Å². The summed E-state index contributed by atoms with van der Waals surface area (Å²) in [5.74, 6) is 1.41. The van der Waals surface area contributed by atoms with E-state index in [-0.39, 0.29) is 0 Å². The number of rotatable bonds is 7. The van der Waals surface area contributed by atoms with E-state index in [1.54, 1.807) is 12.4 Å². The summed E-state index contributed by atoms with van der Waals surface area (Å²) in [6, 6.07) is 3.89. The molecular formula is C21H25N5OS. The molecule has 28 heavy (non-hydrogen) atoms. The standard InChI is InChI=1S/C21H25N5OS/c1-2-17-16(13-27)18-19(23-11-14-7-4-3-5-8-14)25-21(26-20(18)24-17)28-15-9-6-10-22-12-15/h6,9-10,12-14H,2-5,7-8,11H2,1H3,(H2,23,24,25,26). The Morgan fingerprint density at radius 1 is 1.29 bits per heavy atom. The molecule has 0 unspecified atom stereocenters. The predicted molar refractivity (Wildman–Crippen MR) is 112 cm³/mol. The summed E-state index contributed by atoms with van der Waals surface area (Å²) >= 11 is 1.48. The maximum Gasteiger partial charge on any atom is 0.196 e. The number of fused-ring (bicyclic) bond motifs is 1. The van der Waals surface area contributed by atoms with E-state index in [1.807, 2.05) is 19.1 Å². The van der Waals surface area contributed by atoms with Crippen molar-refractivity contribution in [1.82, 2.24) is 19.9 Å². The number of anilines is 1. The Bertz CT molecular complexity index is 950. The molecule has 1 aliphatic rings. The molecule has 0 aliphatic heterocycles. The summed E-state index contributed by atoms with van der Waals surface area (Å²) in [5, 5.41) is 4.99. The Labute approximate surface area is 169 Å². The summed E-state index contributed by atoms with van der Waals surface area (Å²) in [4.78, 5) is 29.7. The van der Waals surface area contributed by atoms with Crippen LogP contribution in [-0.2, 0) is 6.42 Å². The van der Waals surface area contributed by atoms with E-state index >= 15 is 0 Å². The number of aromatic amines is 1. The predicted octanol–water partition coefficient (Wildman–Crippen LogP) is 4.87. The van der Waals surface area contributed by atoms with Gasteiger partial charge in [0.05, 0.1) is 5.39 Å². The van der Waals surface area contributed by atoms with Crippen LogP contribution in [-0.4, -0.2) is 32.8 Å². The van der Waals surface area contributed by atoms with Crippen LogP contribution >= 0.6 is 11.8 Å². The molecule has 1 aliphatic carbocycles. The number of hydrogen-bond acceptors (Lipinski definition) is 6. The highest BCUT2D eigenvalue weighted by Gasteiger charge is 2.19. The number of carbonyl (C=O) groups excluding carboxylic acids is 1. The van der Waals surface area contributed by atoms with Crippen LogP contribution in [0.1, 0.15) is 55.1 Å². The number of carbonyl (C=O) groups is 1. The van der Waals surface area contributed by atoms with E-state index in [1.165, 1.54) is 43.9 Å². The summed E-state index contributed by atoms with van der Waals surface area (Å²) in [6.45, 7) is 2.92. The Hall–Kier alpha value is -2.41. The molecule has 0 atom stereocenters. The number of aromatic nitrogens is 4. The van der Waals surface area contributed by atoms with Gasteiger partial charge in [-0.3, -0.25) is 9.78 Å². The number of aryl methyl sites for hydroxylation is 1. The molecule has 1 saturated carbocycles. The van der Waals surface area contributed by atoms with Crippen molar-refractivity contribution < 1.29 is 4.79 Å². The zero-order valence-electron chi connectivity index (χ0n) is 16.1. The highest BCUT2D eigenvalue weighted by atomic mass is 32.2. The SMILES string of the molecule is CCc1[nH]c2nc(Sc3cccnc3)nc(NCC3CCCCC3)c2c1C=O. The molecule has 7 heteroatoms. The third kappa shape index (κ3) is 4.04. The van der Waals surface area contributed by atoms with Crippen LogP contribution in [0.15, 0.2) is 34.6 Å². The zero-order chi connectivity index (χ0) is 19.3. The van der Waals surface area contributed by atoms with Gasteiger partial charge in [0.1, 0.15) is 11.5 Å². The third-order valence-electron chi connectivity index (χ3n) is 5.35. The van der Waals surface area contributed by atoms with Crippen molar-refractivity contribution >= 4 is 34.9 Å². The number of nitrogens with zero attached hydrogens (tertiary/aromatic N) is 3. The fourth-order valence-corrected chi connectivity index (χ4v) is 4.62. The van der Waals surface area contributed by atoms with Crippen molar-refractivity contribution in [1.29, 1.82) is 0 Å². The van der Waals surface area contributed by atoms with Gasteiger partial charge < -0.3 is 10.3 Å². The third-order valence-corrected chi connectivity index (χ3v) is 6.19. The second-order valence-electron chi connectivity index (χ2n) is 7.24. The van der Waals surface area contributed by atoms with Crippen LogP contribution in [0.3, 0.4) is 0 Å². The molecular weight excluding hydrogens is 370 g/mol. The first-order valence-corrected chi connectivity index (χ1v) is 10.8. The minimum absolute atomic E-state index is 0.646. The van der Waals surface area contributed by atoms with Crippen LogP contribution in [0.4, 0.5) is 5.82 Å². The molecule has 3 heterocycles. The topological polar surface area (TPSA) is 83.6 Å². The fourth-order valence-electron chi connectivity index (χ4n) is 3.87. The molecule has 1 fully saturated rings. The number of H-pyrrole nitrogens is 1. The zero-order valence-corrected chi connectivity index (χ0v) is 16.9. The number of hydrogen-bond donors (Lipinski definition) is 2. The van der Waals surface area contributed by atoms with Crippen LogP contribution in [0.5, 0.6) is 0 Å². The average molecular weight is 396 g/mol. The first-order chi connectivity index (χ1) is 13.8. The van der Waals surface area contributed by atoms with Crippen LogP contribution in [0, 0.1) is 5.92 Å². The molecule has 0 spiro atoms. The Morgan fingerprint density at radius 2 is 2.14 bits per heavy atom. The van der Waals surface area contributed by atoms with Crippen molar-refractivity contribution in [3.63, 3.8) is 0 Å². The Balaban J connectivity index is 1.70. The van der Waals surface area contributed by atoms with Gasteiger partial charge in [0.2, 0.25) is 0 Å². The lowest BCUT2D eigenvalue weighted by Gasteiger charge is -2.22. The van der Waals surface area contributed by atoms with Gasteiger partial charge >= 0.3 is 0 Å². The molecule has 0 saturated heterocycles. The molecule has 0 aromatic carbocycles. The van der Waals surface area contributed by atoms with Gasteiger partial charge in [-0.15, -0.1) is 0 Å². The molecule has 4 rings (SSSR count). The first-order valence-electron chi connectivity index (χ1n) is 9.98. The van der Waals surface area contributed by atoms with Crippen molar-refractivity contribution in [3.05, 3.63) is 35.8 Å². The molecule has 6 nitrogen and oxygen atoms in total. The average Bonchev–Trinajstić information content (AvgIpc) is 3.11. The largest absolute Gasteiger partial charge is 0.369 e. The van der Waals surface area contributed by atoms with E-state index in [4.69, 9.17) is 4.98 Å². The molecule has 0 amide bonds. The molecule has 3 aromatic rings.